The molecule has 142 valence electrons. The summed E-state index contributed by atoms with van der Waals surface area (Å²) >= 11 is 0. The quantitative estimate of drug-likeness (QED) is 0.527. The molecule has 0 amide bonds. The maximum Gasteiger partial charge on any atom is 0.183 e. The molecule has 0 aliphatic rings. The van der Waals surface area contributed by atoms with Crippen molar-refractivity contribution < 1.29 is 13.3 Å². The minimum atomic E-state index is -0.531. The molecule has 3 heterocycles. The van der Waals surface area contributed by atoms with Crippen molar-refractivity contribution >= 4 is 5.82 Å². The summed E-state index contributed by atoms with van der Waals surface area (Å²) in [6, 6.07) is 9.84. The summed E-state index contributed by atoms with van der Waals surface area (Å²) < 4.78 is 34.6. The Morgan fingerprint density at radius 1 is 1.07 bits per heavy atom. The van der Waals surface area contributed by atoms with Gasteiger partial charge in [-0.15, -0.1) is 0 Å². The Morgan fingerprint density at radius 2 is 1.89 bits per heavy atom. The number of aromatic nitrogens is 5. The molecule has 4 rings (SSSR count). The third-order valence-electron chi connectivity index (χ3n) is 4.14. The maximum atomic E-state index is 14.1. The van der Waals surface area contributed by atoms with E-state index in [1.165, 1.54) is 12.3 Å². The largest absolute Gasteiger partial charge is 0.364 e. The van der Waals surface area contributed by atoms with Gasteiger partial charge in [-0.2, -0.15) is 5.10 Å². The van der Waals surface area contributed by atoms with Crippen molar-refractivity contribution in [1.29, 1.82) is 0 Å². The van der Waals surface area contributed by atoms with E-state index in [1.807, 2.05) is 0 Å². The van der Waals surface area contributed by atoms with E-state index in [0.29, 0.717) is 22.6 Å². The summed E-state index contributed by atoms with van der Waals surface area (Å²) in [4.78, 5) is 9.84. The van der Waals surface area contributed by atoms with Gasteiger partial charge >= 0.3 is 0 Å². The fourth-order valence-corrected chi connectivity index (χ4v) is 2.78. The fourth-order valence-electron chi connectivity index (χ4n) is 2.78. The average Bonchev–Trinajstić information content (AvgIpc) is 3.33. The molecule has 0 N–H and O–H groups in total. The lowest BCUT2D eigenvalue weighted by Gasteiger charge is -2.12. The normalized spacial score (nSPS) is 11.0. The van der Waals surface area contributed by atoms with Crippen LogP contribution in [0.2, 0.25) is 0 Å². The first-order valence-corrected chi connectivity index (χ1v) is 8.45. The van der Waals surface area contributed by atoms with Crippen LogP contribution in [0, 0.1) is 11.6 Å². The van der Waals surface area contributed by atoms with Crippen LogP contribution < -0.4 is 4.90 Å². The van der Waals surface area contributed by atoms with Gasteiger partial charge in [0.1, 0.15) is 23.5 Å². The third kappa shape index (κ3) is 3.34. The number of nitrogens with zero attached hydrogens (tertiary/aromatic N) is 6. The highest BCUT2D eigenvalue weighted by atomic mass is 19.1. The predicted molar refractivity (Wildman–Crippen MR) is 98.5 cm³/mol. The number of hydrogen-bond acceptors (Lipinski definition) is 6. The van der Waals surface area contributed by atoms with E-state index in [9.17, 15) is 8.78 Å². The van der Waals surface area contributed by atoms with E-state index in [-0.39, 0.29) is 24.0 Å². The molecule has 0 aliphatic carbocycles. The molecule has 1 aromatic carbocycles. The zero-order chi connectivity index (χ0) is 19.7. The second-order valence-electron chi connectivity index (χ2n) is 6.31. The fraction of sp³-hybridized carbons (Fsp3) is 0.158. The molecule has 0 aliphatic heterocycles. The van der Waals surface area contributed by atoms with Gasteiger partial charge in [0.05, 0.1) is 18.4 Å². The Balaban J connectivity index is 1.80. The molecule has 4 aromatic rings. The molecule has 28 heavy (non-hydrogen) atoms. The van der Waals surface area contributed by atoms with E-state index < -0.39 is 5.82 Å². The molecule has 7 nitrogen and oxygen atoms in total. The summed E-state index contributed by atoms with van der Waals surface area (Å²) in [5, 5.41) is 8.44. The lowest BCUT2D eigenvalue weighted by Crippen LogP contribution is -2.13. The van der Waals surface area contributed by atoms with Crippen molar-refractivity contribution in [3.8, 4) is 22.9 Å². The molecule has 9 heteroatoms. The van der Waals surface area contributed by atoms with Crippen molar-refractivity contribution in [1.82, 2.24) is 24.9 Å². The maximum absolute atomic E-state index is 14.1. The lowest BCUT2D eigenvalue weighted by molar-refractivity contribution is 0.421. The predicted octanol–water partition coefficient (Wildman–Crippen LogP) is 3.39. The molecular weight excluding hydrogens is 366 g/mol. The molecule has 0 bridgehead atoms. The van der Waals surface area contributed by atoms with Crippen LogP contribution >= 0.6 is 0 Å². The van der Waals surface area contributed by atoms with Gasteiger partial charge in [0.2, 0.25) is 0 Å². The first-order valence-electron chi connectivity index (χ1n) is 8.45. The van der Waals surface area contributed by atoms with Gasteiger partial charge in [-0.3, -0.25) is 4.68 Å². The first-order chi connectivity index (χ1) is 13.5. The van der Waals surface area contributed by atoms with Crippen molar-refractivity contribution in [3.63, 3.8) is 0 Å². The first kappa shape index (κ1) is 17.8. The molecule has 0 fully saturated rings. The van der Waals surface area contributed by atoms with Crippen LogP contribution in [-0.2, 0) is 6.54 Å². The van der Waals surface area contributed by atoms with E-state index in [2.05, 4.69) is 20.2 Å². The van der Waals surface area contributed by atoms with Crippen molar-refractivity contribution in [2.75, 3.05) is 19.0 Å². The smallest absolute Gasteiger partial charge is 0.183 e. The topological polar surface area (TPSA) is 72.9 Å². The van der Waals surface area contributed by atoms with Crippen molar-refractivity contribution in [2.45, 2.75) is 6.54 Å². The van der Waals surface area contributed by atoms with Gasteiger partial charge in [-0.05, 0) is 12.1 Å². The monoisotopic (exact) mass is 382 g/mol. The van der Waals surface area contributed by atoms with Crippen molar-refractivity contribution in [3.05, 3.63) is 66.1 Å². The molecule has 0 atom stereocenters. The van der Waals surface area contributed by atoms with Crippen LogP contribution in [0.5, 0.6) is 0 Å². The summed E-state index contributed by atoms with van der Waals surface area (Å²) in [6.07, 6.45) is 2.54. The molecule has 0 saturated heterocycles. The Labute approximate surface area is 159 Å². The highest BCUT2D eigenvalue weighted by molar-refractivity contribution is 5.63. The van der Waals surface area contributed by atoms with E-state index >= 15 is 0 Å². The Morgan fingerprint density at radius 3 is 2.61 bits per heavy atom. The summed E-state index contributed by atoms with van der Waals surface area (Å²) in [6.45, 7) is 0.177. The van der Waals surface area contributed by atoms with E-state index in [1.54, 1.807) is 54.0 Å². The zero-order valence-corrected chi connectivity index (χ0v) is 15.2. The molecule has 0 saturated carbocycles. The minimum Gasteiger partial charge on any atom is -0.364 e. The average molecular weight is 382 g/mol. The highest BCUT2D eigenvalue weighted by Gasteiger charge is 2.18. The van der Waals surface area contributed by atoms with Gasteiger partial charge in [-0.25, -0.2) is 18.7 Å². The zero-order valence-electron chi connectivity index (χ0n) is 15.2. The van der Waals surface area contributed by atoms with Gasteiger partial charge in [-0.1, -0.05) is 23.4 Å². The number of anilines is 1. The molecule has 0 spiro atoms. The number of halogens is 2. The van der Waals surface area contributed by atoms with Gasteiger partial charge in [0.15, 0.2) is 17.5 Å². The third-order valence-corrected chi connectivity index (χ3v) is 4.14. The Kier molecular flexibility index (Phi) is 4.56. The minimum absolute atomic E-state index is 0.150. The number of rotatable bonds is 5. The Hall–Kier alpha value is -3.62. The number of hydrogen-bond donors (Lipinski definition) is 0. The van der Waals surface area contributed by atoms with Gasteiger partial charge in [0.25, 0.3) is 0 Å². The van der Waals surface area contributed by atoms with Crippen LogP contribution in [0.25, 0.3) is 22.9 Å². The van der Waals surface area contributed by atoms with Crippen LogP contribution in [0.1, 0.15) is 5.56 Å². The van der Waals surface area contributed by atoms with Crippen LogP contribution in [0.15, 0.2) is 53.4 Å². The molecular formula is C19H16F2N6O. The SMILES string of the molecule is CN(C)c1nc(-c2cc(-c3ccon3)n(Cc3ccccc3F)n2)ncc1F. The van der Waals surface area contributed by atoms with E-state index in [4.69, 9.17) is 4.52 Å². The second-order valence-corrected chi connectivity index (χ2v) is 6.31. The van der Waals surface area contributed by atoms with E-state index in [0.717, 1.165) is 6.20 Å². The van der Waals surface area contributed by atoms with Crippen LogP contribution in [0.4, 0.5) is 14.6 Å². The van der Waals surface area contributed by atoms with Crippen LogP contribution in [0.3, 0.4) is 0 Å². The van der Waals surface area contributed by atoms with Gasteiger partial charge < -0.3 is 9.42 Å². The molecule has 0 unspecified atom stereocenters. The van der Waals surface area contributed by atoms with Crippen LogP contribution in [-0.4, -0.2) is 39.0 Å². The summed E-state index contributed by atoms with van der Waals surface area (Å²) in [5.41, 5.74) is 2.02. The second kappa shape index (κ2) is 7.18. The molecule has 3 aromatic heterocycles. The standard InChI is InChI=1S/C19H16F2N6O/c1-26(2)19-14(21)10-22-18(23-19)16-9-17(15-7-8-28-25-15)27(24-16)11-12-5-3-4-6-13(12)20/h3-10H,11H2,1-2H3. The Bertz CT molecular complexity index is 1110. The van der Waals surface area contributed by atoms with Crippen molar-refractivity contribution in [2.24, 2.45) is 0 Å². The summed E-state index contributed by atoms with van der Waals surface area (Å²) in [5.74, 6) is -0.464. The number of benzene rings is 1. The van der Waals surface area contributed by atoms with Gasteiger partial charge in [0, 0.05) is 25.7 Å². The lowest BCUT2D eigenvalue weighted by atomic mass is 10.2. The summed E-state index contributed by atoms with van der Waals surface area (Å²) in [7, 11) is 3.37. The molecule has 0 radical (unpaired) electrons. The highest BCUT2D eigenvalue weighted by Crippen LogP contribution is 2.26.